The fourth-order valence-electron chi connectivity index (χ4n) is 2.85. The average Bonchev–Trinajstić information content (AvgIpc) is 2.48. The number of hydrogen-bond acceptors (Lipinski definition) is 2. The summed E-state index contributed by atoms with van der Waals surface area (Å²) in [7, 11) is 0. The van der Waals surface area contributed by atoms with Crippen LogP contribution in [0.15, 0.2) is 24.3 Å². The average molecular weight is 274 g/mol. The van der Waals surface area contributed by atoms with Gasteiger partial charge in [0.05, 0.1) is 0 Å². The molecule has 20 heavy (non-hydrogen) atoms. The predicted octanol–water partition coefficient (Wildman–Crippen LogP) is 2.91. The molecule has 3 heteroatoms. The lowest BCUT2D eigenvalue weighted by Crippen LogP contribution is -2.44. The number of nitrogens with zero attached hydrogens (tertiary/aromatic N) is 1. The summed E-state index contributed by atoms with van der Waals surface area (Å²) >= 11 is 0. The zero-order valence-corrected chi connectivity index (χ0v) is 12.9. The fourth-order valence-corrected chi connectivity index (χ4v) is 2.85. The van der Waals surface area contributed by atoms with Crippen molar-refractivity contribution in [2.45, 2.75) is 52.1 Å². The summed E-state index contributed by atoms with van der Waals surface area (Å²) in [6.45, 7) is 7.83. The second-order valence-electron chi connectivity index (χ2n) is 5.76. The standard InChI is InChI=1S/C17H26N2O/c1-4-15-5-7-16(8-6-15)13(2)18-17-9-11-19(12-10-17)14(3)20/h5-8,13,17-18H,4,9-12H2,1-3H3. The van der Waals surface area contributed by atoms with Crippen molar-refractivity contribution in [2.24, 2.45) is 0 Å². The molecule has 1 amide bonds. The normalized spacial score (nSPS) is 18.1. The summed E-state index contributed by atoms with van der Waals surface area (Å²) in [6, 6.07) is 9.77. The molecule has 1 fully saturated rings. The summed E-state index contributed by atoms with van der Waals surface area (Å²) in [5, 5.41) is 3.69. The first-order valence-corrected chi connectivity index (χ1v) is 7.70. The largest absolute Gasteiger partial charge is 0.343 e. The number of benzene rings is 1. The number of carbonyl (C=O) groups excluding carboxylic acids is 1. The Morgan fingerprint density at radius 3 is 2.40 bits per heavy atom. The van der Waals surface area contributed by atoms with Crippen LogP contribution >= 0.6 is 0 Å². The molecule has 1 aliphatic heterocycles. The number of carbonyl (C=O) groups is 1. The van der Waals surface area contributed by atoms with E-state index >= 15 is 0 Å². The van der Waals surface area contributed by atoms with Gasteiger partial charge in [-0.2, -0.15) is 0 Å². The molecule has 0 aromatic heterocycles. The smallest absolute Gasteiger partial charge is 0.219 e. The molecule has 0 spiro atoms. The lowest BCUT2D eigenvalue weighted by atomic mass is 10.0. The number of nitrogens with one attached hydrogen (secondary N) is 1. The molecular formula is C17H26N2O. The van der Waals surface area contributed by atoms with E-state index in [0.717, 1.165) is 32.4 Å². The molecule has 2 rings (SSSR count). The van der Waals surface area contributed by atoms with Gasteiger partial charge >= 0.3 is 0 Å². The topological polar surface area (TPSA) is 32.3 Å². The fraction of sp³-hybridized carbons (Fsp3) is 0.588. The molecular weight excluding hydrogens is 248 g/mol. The maximum absolute atomic E-state index is 11.3. The second kappa shape index (κ2) is 6.89. The molecule has 1 heterocycles. The van der Waals surface area contributed by atoms with E-state index in [1.165, 1.54) is 11.1 Å². The van der Waals surface area contributed by atoms with Gasteiger partial charge in [-0.25, -0.2) is 0 Å². The molecule has 0 aliphatic carbocycles. The van der Waals surface area contributed by atoms with Crippen molar-refractivity contribution in [1.82, 2.24) is 10.2 Å². The number of aryl methyl sites for hydroxylation is 1. The number of likely N-dealkylation sites (tertiary alicyclic amines) is 1. The van der Waals surface area contributed by atoms with Crippen LogP contribution in [0.3, 0.4) is 0 Å². The quantitative estimate of drug-likeness (QED) is 0.915. The molecule has 1 aromatic carbocycles. The summed E-state index contributed by atoms with van der Waals surface area (Å²) in [5.41, 5.74) is 2.73. The second-order valence-corrected chi connectivity index (χ2v) is 5.76. The third kappa shape index (κ3) is 3.83. The molecule has 0 radical (unpaired) electrons. The van der Waals surface area contributed by atoms with Crippen LogP contribution in [0.1, 0.15) is 50.8 Å². The lowest BCUT2D eigenvalue weighted by molar-refractivity contribution is -0.129. The molecule has 0 saturated carbocycles. The van der Waals surface area contributed by atoms with Crippen molar-refractivity contribution in [3.63, 3.8) is 0 Å². The van der Waals surface area contributed by atoms with E-state index < -0.39 is 0 Å². The van der Waals surface area contributed by atoms with Crippen molar-refractivity contribution in [3.8, 4) is 0 Å². The number of piperidine rings is 1. The van der Waals surface area contributed by atoms with Crippen molar-refractivity contribution < 1.29 is 4.79 Å². The van der Waals surface area contributed by atoms with Gasteiger partial charge in [0.1, 0.15) is 0 Å². The highest BCUT2D eigenvalue weighted by Gasteiger charge is 2.21. The van der Waals surface area contributed by atoms with Crippen LogP contribution in [0.5, 0.6) is 0 Å². The zero-order chi connectivity index (χ0) is 14.5. The Labute approximate surface area is 122 Å². The first kappa shape index (κ1) is 15.0. The molecule has 110 valence electrons. The number of rotatable bonds is 4. The van der Waals surface area contributed by atoms with Crippen molar-refractivity contribution >= 4 is 5.91 Å². The van der Waals surface area contributed by atoms with E-state index in [-0.39, 0.29) is 5.91 Å². The summed E-state index contributed by atoms with van der Waals surface area (Å²) in [5.74, 6) is 0.201. The number of amides is 1. The highest BCUT2D eigenvalue weighted by atomic mass is 16.2. The van der Waals surface area contributed by atoms with Gasteiger partial charge in [0.25, 0.3) is 0 Å². The van der Waals surface area contributed by atoms with Crippen LogP contribution in [0.25, 0.3) is 0 Å². The van der Waals surface area contributed by atoms with E-state index in [4.69, 9.17) is 0 Å². The van der Waals surface area contributed by atoms with Crippen LogP contribution in [-0.4, -0.2) is 29.9 Å². The molecule has 1 saturated heterocycles. The minimum atomic E-state index is 0.201. The zero-order valence-electron chi connectivity index (χ0n) is 12.9. The van der Waals surface area contributed by atoms with Gasteiger partial charge < -0.3 is 10.2 Å². The summed E-state index contributed by atoms with van der Waals surface area (Å²) in [6.07, 6.45) is 3.19. The van der Waals surface area contributed by atoms with Crippen LogP contribution < -0.4 is 5.32 Å². The van der Waals surface area contributed by atoms with Gasteiger partial charge in [0, 0.05) is 32.1 Å². The maximum atomic E-state index is 11.3. The lowest BCUT2D eigenvalue weighted by Gasteiger charge is -2.33. The van der Waals surface area contributed by atoms with Crippen molar-refractivity contribution in [2.75, 3.05) is 13.1 Å². The Morgan fingerprint density at radius 2 is 1.90 bits per heavy atom. The van der Waals surface area contributed by atoms with Gasteiger partial charge in [-0.15, -0.1) is 0 Å². The first-order chi connectivity index (χ1) is 9.60. The van der Waals surface area contributed by atoms with Gasteiger partial charge in [0.15, 0.2) is 0 Å². The predicted molar refractivity (Wildman–Crippen MR) is 82.6 cm³/mol. The Hall–Kier alpha value is -1.35. The van der Waals surface area contributed by atoms with Crippen LogP contribution in [0.2, 0.25) is 0 Å². The van der Waals surface area contributed by atoms with E-state index in [1.807, 2.05) is 4.90 Å². The van der Waals surface area contributed by atoms with Crippen LogP contribution in [0.4, 0.5) is 0 Å². The molecule has 1 unspecified atom stereocenters. The summed E-state index contributed by atoms with van der Waals surface area (Å²) in [4.78, 5) is 13.3. The van der Waals surface area contributed by atoms with E-state index in [9.17, 15) is 4.79 Å². The summed E-state index contributed by atoms with van der Waals surface area (Å²) < 4.78 is 0. The molecule has 1 atom stereocenters. The van der Waals surface area contributed by atoms with Gasteiger partial charge in [0.2, 0.25) is 5.91 Å². The van der Waals surface area contributed by atoms with Gasteiger partial charge in [-0.05, 0) is 37.3 Å². The van der Waals surface area contributed by atoms with Gasteiger partial charge in [-0.3, -0.25) is 4.79 Å². The monoisotopic (exact) mass is 274 g/mol. The van der Waals surface area contributed by atoms with E-state index in [0.29, 0.717) is 12.1 Å². The van der Waals surface area contributed by atoms with Crippen molar-refractivity contribution in [3.05, 3.63) is 35.4 Å². The Balaban J connectivity index is 1.85. The molecule has 1 N–H and O–H groups in total. The SMILES string of the molecule is CCc1ccc(C(C)NC2CCN(C(C)=O)CC2)cc1. The minimum Gasteiger partial charge on any atom is -0.343 e. The minimum absolute atomic E-state index is 0.201. The highest BCUT2D eigenvalue weighted by molar-refractivity contribution is 5.73. The van der Waals surface area contributed by atoms with Crippen LogP contribution in [-0.2, 0) is 11.2 Å². The highest BCUT2D eigenvalue weighted by Crippen LogP contribution is 2.18. The Bertz CT molecular complexity index is 433. The molecule has 3 nitrogen and oxygen atoms in total. The number of hydrogen-bond donors (Lipinski definition) is 1. The Morgan fingerprint density at radius 1 is 1.30 bits per heavy atom. The molecule has 0 bridgehead atoms. The van der Waals surface area contributed by atoms with Crippen molar-refractivity contribution in [1.29, 1.82) is 0 Å². The van der Waals surface area contributed by atoms with E-state index in [2.05, 4.69) is 43.4 Å². The third-order valence-corrected chi connectivity index (χ3v) is 4.31. The van der Waals surface area contributed by atoms with E-state index in [1.54, 1.807) is 6.92 Å². The van der Waals surface area contributed by atoms with Gasteiger partial charge in [-0.1, -0.05) is 31.2 Å². The Kier molecular flexibility index (Phi) is 5.18. The first-order valence-electron chi connectivity index (χ1n) is 7.70. The third-order valence-electron chi connectivity index (χ3n) is 4.31. The molecule has 1 aliphatic rings. The van der Waals surface area contributed by atoms with Crippen LogP contribution in [0, 0.1) is 0 Å². The maximum Gasteiger partial charge on any atom is 0.219 e. The molecule has 1 aromatic rings.